The molecule has 2 saturated heterocycles. The molecule has 2 fully saturated rings. The lowest BCUT2D eigenvalue weighted by Gasteiger charge is -2.24. The van der Waals surface area contributed by atoms with Crippen LogP contribution in [0, 0.1) is 0 Å². The van der Waals surface area contributed by atoms with Crippen LogP contribution in [0.3, 0.4) is 0 Å². The Morgan fingerprint density at radius 2 is 1.70 bits per heavy atom. The molecule has 2 aromatic carbocycles. The SMILES string of the molecule is O=C1N(Cc2ccccc2)C(O)[C@@H]2CS[C@@H](c3ccccc3)N12. The zero-order chi connectivity index (χ0) is 15.8. The molecule has 2 aliphatic rings. The number of hydrogen-bond donors (Lipinski definition) is 1. The summed E-state index contributed by atoms with van der Waals surface area (Å²) in [4.78, 5) is 16.3. The van der Waals surface area contributed by atoms with Gasteiger partial charge in [0.1, 0.15) is 5.37 Å². The van der Waals surface area contributed by atoms with Gasteiger partial charge in [0.15, 0.2) is 6.23 Å². The van der Waals surface area contributed by atoms with Crippen molar-refractivity contribution in [3.8, 4) is 0 Å². The summed E-state index contributed by atoms with van der Waals surface area (Å²) in [6.45, 7) is 0.444. The third kappa shape index (κ3) is 2.50. The Labute approximate surface area is 139 Å². The Morgan fingerprint density at radius 3 is 2.39 bits per heavy atom. The molecule has 4 rings (SSSR count). The van der Waals surface area contributed by atoms with E-state index < -0.39 is 6.23 Å². The van der Waals surface area contributed by atoms with Crippen LogP contribution in [0.15, 0.2) is 60.7 Å². The normalized spacial score (nSPS) is 26.7. The van der Waals surface area contributed by atoms with E-state index in [0.717, 1.165) is 16.9 Å². The maximum Gasteiger partial charge on any atom is 0.324 e. The number of nitrogens with zero attached hydrogens (tertiary/aromatic N) is 2. The Kier molecular flexibility index (Phi) is 3.75. The van der Waals surface area contributed by atoms with Gasteiger partial charge in [0.2, 0.25) is 0 Å². The number of urea groups is 1. The van der Waals surface area contributed by atoms with Crippen molar-refractivity contribution in [1.82, 2.24) is 9.80 Å². The van der Waals surface area contributed by atoms with Gasteiger partial charge in [-0.3, -0.25) is 4.90 Å². The highest BCUT2D eigenvalue weighted by atomic mass is 32.2. The molecule has 0 spiro atoms. The van der Waals surface area contributed by atoms with Gasteiger partial charge in [-0.05, 0) is 11.1 Å². The highest BCUT2D eigenvalue weighted by Crippen LogP contribution is 2.46. The van der Waals surface area contributed by atoms with Crippen LogP contribution in [-0.2, 0) is 6.54 Å². The maximum atomic E-state index is 12.9. The Morgan fingerprint density at radius 1 is 1.04 bits per heavy atom. The summed E-state index contributed by atoms with van der Waals surface area (Å²) in [6, 6.07) is 19.6. The number of carbonyl (C=O) groups excluding carboxylic acids is 1. The summed E-state index contributed by atoms with van der Waals surface area (Å²) in [5, 5.41) is 10.6. The standard InChI is InChI=1S/C18H18N2O2S/c21-16-15-12-23-17(14-9-5-2-6-10-14)20(15)18(22)19(16)11-13-7-3-1-4-8-13/h1-10,15-17,21H,11-12H2/t15-,16?,17-/m0/s1. The number of benzene rings is 2. The summed E-state index contributed by atoms with van der Waals surface area (Å²) in [5.41, 5.74) is 2.15. The fraction of sp³-hybridized carbons (Fsp3) is 0.278. The topological polar surface area (TPSA) is 43.8 Å². The van der Waals surface area contributed by atoms with Gasteiger partial charge in [0.05, 0.1) is 12.6 Å². The first kappa shape index (κ1) is 14.6. The van der Waals surface area contributed by atoms with E-state index in [-0.39, 0.29) is 17.4 Å². The summed E-state index contributed by atoms with van der Waals surface area (Å²) >= 11 is 1.72. The van der Waals surface area contributed by atoms with Crippen molar-refractivity contribution in [1.29, 1.82) is 0 Å². The molecule has 1 unspecified atom stereocenters. The van der Waals surface area contributed by atoms with E-state index in [2.05, 4.69) is 0 Å². The van der Waals surface area contributed by atoms with Crippen molar-refractivity contribution >= 4 is 17.8 Å². The average Bonchev–Trinajstić information content (AvgIpc) is 3.13. The molecule has 5 heteroatoms. The Balaban J connectivity index is 1.59. The van der Waals surface area contributed by atoms with Gasteiger partial charge >= 0.3 is 6.03 Å². The number of aliphatic hydroxyl groups is 1. The summed E-state index contributed by atoms with van der Waals surface area (Å²) < 4.78 is 0. The van der Waals surface area contributed by atoms with E-state index in [1.165, 1.54) is 0 Å². The van der Waals surface area contributed by atoms with Crippen molar-refractivity contribution in [3.63, 3.8) is 0 Å². The molecular weight excluding hydrogens is 308 g/mol. The average molecular weight is 326 g/mol. The minimum Gasteiger partial charge on any atom is -0.371 e. The van der Waals surface area contributed by atoms with Crippen LogP contribution in [0.1, 0.15) is 16.5 Å². The molecule has 3 atom stereocenters. The monoisotopic (exact) mass is 326 g/mol. The zero-order valence-electron chi connectivity index (χ0n) is 12.6. The molecule has 2 aromatic rings. The molecule has 2 amide bonds. The molecule has 1 N–H and O–H groups in total. The van der Waals surface area contributed by atoms with Crippen LogP contribution in [0.5, 0.6) is 0 Å². The molecule has 2 heterocycles. The molecule has 4 nitrogen and oxygen atoms in total. The second-order valence-corrected chi connectivity index (χ2v) is 6.99. The predicted molar refractivity (Wildman–Crippen MR) is 90.7 cm³/mol. The second-order valence-electron chi connectivity index (χ2n) is 5.88. The highest BCUT2D eigenvalue weighted by molar-refractivity contribution is 7.99. The van der Waals surface area contributed by atoms with Gasteiger partial charge in [0.25, 0.3) is 0 Å². The molecule has 0 bridgehead atoms. The number of amides is 2. The number of aliphatic hydroxyl groups excluding tert-OH is 1. The molecule has 0 radical (unpaired) electrons. The van der Waals surface area contributed by atoms with Gasteiger partial charge in [-0.15, -0.1) is 11.8 Å². The van der Waals surface area contributed by atoms with Crippen LogP contribution in [0.4, 0.5) is 4.79 Å². The highest BCUT2D eigenvalue weighted by Gasteiger charge is 2.52. The van der Waals surface area contributed by atoms with E-state index in [0.29, 0.717) is 6.54 Å². The number of fused-ring (bicyclic) bond motifs is 1. The first-order valence-corrected chi connectivity index (χ1v) is 8.78. The van der Waals surface area contributed by atoms with Crippen LogP contribution >= 0.6 is 11.8 Å². The van der Waals surface area contributed by atoms with Gasteiger partial charge in [-0.25, -0.2) is 4.79 Å². The largest absolute Gasteiger partial charge is 0.371 e. The van der Waals surface area contributed by atoms with E-state index >= 15 is 0 Å². The van der Waals surface area contributed by atoms with Crippen molar-refractivity contribution in [2.24, 2.45) is 0 Å². The van der Waals surface area contributed by atoms with Crippen molar-refractivity contribution in [2.45, 2.75) is 24.2 Å². The van der Waals surface area contributed by atoms with Crippen molar-refractivity contribution in [3.05, 3.63) is 71.8 Å². The third-order valence-electron chi connectivity index (χ3n) is 4.45. The van der Waals surface area contributed by atoms with Crippen molar-refractivity contribution in [2.75, 3.05) is 5.75 Å². The molecule has 118 valence electrons. The zero-order valence-corrected chi connectivity index (χ0v) is 13.4. The number of hydrogen-bond acceptors (Lipinski definition) is 3. The maximum absolute atomic E-state index is 12.9. The molecule has 0 aliphatic carbocycles. The summed E-state index contributed by atoms with van der Waals surface area (Å²) in [7, 11) is 0. The van der Waals surface area contributed by atoms with Gasteiger partial charge < -0.3 is 10.0 Å². The smallest absolute Gasteiger partial charge is 0.324 e. The minimum atomic E-state index is -0.746. The van der Waals surface area contributed by atoms with Gasteiger partial charge in [0, 0.05) is 5.75 Å². The van der Waals surface area contributed by atoms with E-state index in [1.54, 1.807) is 16.7 Å². The molecule has 0 aromatic heterocycles. The second kappa shape index (κ2) is 5.91. The minimum absolute atomic E-state index is 0.0101. The van der Waals surface area contributed by atoms with Crippen LogP contribution in [0.2, 0.25) is 0 Å². The molecular formula is C18H18N2O2S. The first-order chi connectivity index (χ1) is 11.3. The summed E-state index contributed by atoms with van der Waals surface area (Å²) in [6.07, 6.45) is -0.746. The third-order valence-corrected chi connectivity index (χ3v) is 5.79. The van der Waals surface area contributed by atoms with E-state index in [1.807, 2.05) is 65.6 Å². The molecule has 0 saturated carbocycles. The predicted octanol–water partition coefficient (Wildman–Crippen LogP) is 3.06. The van der Waals surface area contributed by atoms with E-state index in [4.69, 9.17) is 0 Å². The quantitative estimate of drug-likeness (QED) is 0.943. The number of thioether (sulfide) groups is 1. The lowest BCUT2D eigenvalue weighted by atomic mass is 10.2. The van der Waals surface area contributed by atoms with E-state index in [9.17, 15) is 9.90 Å². The first-order valence-electron chi connectivity index (χ1n) is 7.73. The van der Waals surface area contributed by atoms with Crippen LogP contribution in [0.25, 0.3) is 0 Å². The number of rotatable bonds is 3. The lowest BCUT2D eigenvalue weighted by Crippen LogP contribution is -2.36. The Hall–Kier alpha value is -1.98. The van der Waals surface area contributed by atoms with Crippen LogP contribution < -0.4 is 0 Å². The fourth-order valence-electron chi connectivity index (χ4n) is 3.28. The van der Waals surface area contributed by atoms with Crippen molar-refractivity contribution < 1.29 is 9.90 Å². The molecule has 2 aliphatic heterocycles. The summed E-state index contributed by atoms with van der Waals surface area (Å²) in [5.74, 6) is 0.762. The fourth-order valence-corrected chi connectivity index (χ4v) is 4.75. The number of carbonyl (C=O) groups is 1. The lowest BCUT2D eigenvalue weighted by molar-refractivity contribution is 0.0363. The van der Waals surface area contributed by atoms with Gasteiger partial charge in [-0.2, -0.15) is 0 Å². The Bertz CT molecular complexity index is 695. The van der Waals surface area contributed by atoms with Gasteiger partial charge in [-0.1, -0.05) is 60.7 Å². The molecule has 23 heavy (non-hydrogen) atoms. The van der Waals surface area contributed by atoms with Crippen LogP contribution in [-0.4, -0.2) is 39.0 Å².